The Morgan fingerprint density at radius 3 is 2.56 bits per heavy atom. The number of thiazole rings is 1. The van der Waals surface area contributed by atoms with Crippen molar-refractivity contribution in [2.75, 3.05) is 18.0 Å². The molecule has 1 aromatic carbocycles. The van der Waals surface area contributed by atoms with Crippen LogP contribution in [-0.2, 0) is 16.8 Å². The number of halogens is 1. The summed E-state index contributed by atoms with van der Waals surface area (Å²) in [7, 11) is 0. The van der Waals surface area contributed by atoms with Crippen LogP contribution in [0.4, 0.5) is 19.7 Å². The van der Waals surface area contributed by atoms with Gasteiger partial charge in [-0.05, 0) is 71.9 Å². The van der Waals surface area contributed by atoms with Gasteiger partial charge in [-0.3, -0.25) is 4.90 Å². The van der Waals surface area contributed by atoms with Crippen LogP contribution >= 0.6 is 11.3 Å². The maximum atomic E-state index is 15.6. The molecule has 1 atom stereocenters. The molecule has 3 aliphatic rings. The van der Waals surface area contributed by atoms with E-state index in [1.807, 2.05) is 18.4 Å². The minimum absolute atomic E-state index is 0.0903. The van der Waals surface area contributed by atoms with Crippen molar-refractivity contribution in [3.8, 4) is 17.0 Å². The lowest BCUT2D eigenvalue weighted by Crippen LogP contribution is -2.59. The van der Waals surface area contributed by atoms with Crippen LogP contribution in [0.1, 0.15) is 63.9 Å². The Labute approximate surface area is 214 Å². The molecule has 2 fully saturated rings. The van der Waals surface area contributed by atoms with Gasteiger partial charge in [0, 0.05) is 22.5 Å². The number of fused-ring (bicyclic) bond motifs is 1. The highest BCUT2D eigenvalue weighted by molar-refractivity contribution is 7.10. The lowest BCUT2D eigenvalue weighted by Gasteiger charge is -2.43. The summed E-state index contributed by atoms with van der Waals surface area (Å²) >= 11 is 1.22. The number of likely N-dealkylation sites (tertiary alicyclic amines) is 1. The molecule has 10 heteroatoms. The fraction of sp³-hybridized carbons (Fsp3) is 0.577. The number of nitrogens with zero attached hydrogens (tertiary/aromatic N) is 3. The summed E-state index contributed by atoms with van der Waals surface area (Å²) < 4.78 is 27.4. The molecule has 8 nitrogen and oxygen atoms in total. The van der Waals surface area contributed by atoms with Gasteiger partial charge in [0.1, 0.15) is 16.4 Å². The average molecular weight is 518 g/mol. The van der Waals surface area contributed by atoms with Crippen LogP contribution in [-0.4, -0.2) is 58.0 Å². The molecule has 1 saturated heterocycles. The number of amides is 2. The maximum Gasteiger partial charge on any atom is 0.412 e. The largest absolute Gasteiger partial charge is 0.489 e. The predicted octanol–water partition coefficient (Wildman–Crippen LogP) is 5.98. The molecule has 2 aromatic rings. The van der Waals surface area contributed by atoms with E-state index in [0.29, 0.717) is 35.0 Å². The molecule has 1 aromatic heterocycles. The van der Waals surface area contributed by atoms with Crippen LogP contribution in [0.5, 0.6) is 5.75 Å². The van der Waals surface area contributed by atoms with Crippen LogP contribution in [0, 0.1) is 0 Å². The molecule has 1 unspecified atom stereocenters. The maximum absolute atomic E-state index is 15.6. The van der Waals surface area contributed by atoms with Crippen molar-refractivity contribution in [2.24, 2.45) is 0 Å². The first kappa shape index (κ1) is 24.8. The topological polar surface area (TPSA) is 92.2 Å². The summed E-state index contributed by atoms with van der Waals surface area (Å²) in [6.45, 7) is 7.03. The second kappa shape index (κ2) is 8.90. The fourth-order valence-corrected chi connectivity index (χ4v) is 5.73. The zero-order valence-electron chi connectivity index (χ0n) is 21.0. The zero-order valence-corrected chi connectivity index (χ0v) is 21.9. The number of hydrogen-bond donors (Lipinski definition) is 1. The molecular weight excluding hydrogens is 485 g/mol. The molecule has 1 saturated carbocycles. The number of carbonyl (C=O) groups excluding carboxylic acids is 1. The summed E-state index contributed by atoms with van der Waals surface area (Å²) in [5.41, 5.74) is 0.485. The Kier molecular flexibility index (Phi) is 6.13. The van der Waals surface area contributed by atoms with Crippen LogP contribution in [0.15, 0.2) is 17.5 Å². The standard InChI is InChI=1S/C26H32FN3O5S/c1-15-8-9-18-20(30(15)23(31)32)11-10-17(21(18)34-16-6-5-7-16)19-12-36-22(28-19)26(27)13-29(14-26)24(33)35-25(2,3)4/h10-12,15-16H,5-9,13-14H2,1-4H3,(H,31,32). The summed E-state index contributed by atoms with van der Waals surface area (Å²) in [6.07, 6.45) is 2.98. The number of hydrogen-bond acceptors (Lipinski definition) is 6. The van der Waals surface area contributed by atoms with E-state index >= 15 is 4.39 Å². The van der Waals surface area contributed by atoms with Crippen LogP contribution in [0.25, 0.3) is 11.3 Å². The highest BCUT2D eigenvalue weighted by atomic mass is 32.1. The number of rotatable bonds is 4. The van der Waals surface area contributed by atoms with E-state index in [9.17, 15) is 14.7 Å². The molecular formula is C26H32FN3O5S. The first-order valence-corrected chi connectivity index (χ1v) is 13.3. The molecule has 0 bridgehead atoms. The Bertz CT molecular complexity index is 1180. The predicted molar refractivity (Wildman–Crippen MR) is 135 cm³/mol. The van der Waals surface area contributed by atoms with Crippen molar-refractivity contribution in [2.45, 2.75) is 83.2 Å². The number of carbonyl (C=O) groups is 2. The van der Waals surface area contributed by atoms with Crippen molar-refractivity contribution >= 4 is 29.2 Å². The van der Waals surface area contributed by atoms with Crippen molar-refractivity contribution < 1.29 is 28.6 Å². The fourth-order valence-electron chi connectivity index (χ4n) is 4.84. The lowest BCUT2D eigenvalue weighted by atomic mass is 9.92. The Morgan fingerprint density at radius 2 is 1.94 bits per heavy atom. The second-order valence-corrected chi connectivity index (χ2v) is 11.8. The molecule has 1 aliphatic carbocycles. The SMILES string of the molecule is CC1CCc2c(ccc(-c3csc(C4(F)CN(C(=O)OC(C)(C)C)C4)n3)c2OC2CCC2)N1C(=O)O. The lowest BCUT2D eigenvalue weighted by molar-refractivity contribution is -0.0537. The van der Waals surface area contributed by atoms with E-state index in [0.717, 1.165) is 30.4 Å². The van der Waals surface area contributed by atoms with Gasteiger partial charge in [-0.15, -0.1) is 11.3 Å². The van der Waals surface area contributed by atoms with Gasteiger partial charge in [-0.1, -0.05) is 0 Å². The van der Waals surface area contributed by atoms with Gasteiger partial charge in [0.05, 0.1) is 30.6 Å². The number of ether oxygens (including phenoxy) is 2. The molecule has 0 spiro atoms. The minimum atomic E-state index is -1.72. The van der Waals surface area contributed by atoms with E-state index in [2.05, 4.69) is 4.98 Å². The van der Waals surface area contributed by atoms with E-state index in [4.69, 9.17) is 9.47 Å². The van der Waals surface area contributed by atoms with Crippen LogP contribution < -0.4 is 9.64 Å². The van der Waals surface area contributed by atoms with Crippen molar-refractivity contribution in [1.82, 2.24) is 9.88 Å². The van der Waals surface area contributed by atoms with Crippen molar-refractivity contribution in [3.63, 3.8) is 0 Å². The molecule has 1 N–H and O–H groups in total. The van der Waals surface area contributed by atoms with Crippen molar-refractivity contribution in [1.29, 1.82) is 0 Å². The van der Waals surface area contributed by atoms with Gasteiger partial charge in [-0.2, -0.15) is 0 Å². The molecule has 36 heavy (non-hydrogen) atoms. The molecule has 2 amide bonds. The van der Waals surface area contributed by atoms with E-state index < -0.39 is 23.5 Å². The first-order valence-electron chi connectivity index (χ1n) is 12.4. The number of benzene rings is 1. The third-order valence-corrected chi connectivity index (χ3v) is 8.01. The highest BCUT2D eigenvalue weighted by Gasteiger charge is 2.50. The molecule has 3 heterocycles. The smallest absolute Gasteiger partial charge is 0.412 e. The zero-order chi connectivity index (χ0) is 25.8. The third-order valence-electron chi connectivity index (χ3n) is 6.99. The summed E-state index contributed by atoms with van der Waals surface area (Å²) in [6, 6.07) is 3.51. The second-order valence-electron chi connectivity index (χ2n) is 11.0. The Balaban J connectivity index is 1.43. The van der Waals surface area contributed by atoms with Gasteiger partial charge in [0.15, 0.2) is 5.67 Å². The summed E-state index contributed by atoms with van der Waals surface area (Å²) in [5.74, 6) is 0.657. The third kappa shape index (κ3) is 4.51. The number of aromatic nitrogens is 1. The molecule has 194 valence electrons. The van der Waals surface area contributed by atoms with Gasteiger partial charge in [0.2, 0.25) is 0 Å². The Hall–Kier alpha value is -2.88. The van der Waals surface area contributed by atoms with Gasteiger partial charge in [-0.25, -0.2) is 19.0 Å². The molecule has 2 aliphatic heterocycles. The van der Waals surface area contributed by atoms with Crippen LogP contribution in [0.2, 0.25) is 0 Å². The number of carboxylic acid groups (broad SMARTS) is 1. The normalized spacial score (nSPS) is 21.3. The summed E-state index contributed by atoms with van der Waals surface area (Å²) in [4.78, 5) is 31.6. The van der Waals surface area contributed by atoms with Gasteiger partial charge < -0.3 is 19.5 Å². The highest BCUT2D eigenvalue weighted by Crippen LogP contribution is 2.46. The molecule has 0 radical (unpaired) electrons. The van der Waals surface area contributed by atoms with E-state index in [1.54, 1.807) is 26.8 Å². The van der Waals surface area contributed by atoms with E-state index in [1.165, 1.54) is 21.1 Å². The minimum Gasteiger partial charge on any atom is -0.489 e. The van der Waals surface area contributed by atoms with Gasteiger partial charge >= 0.3 is 12.2 Å². The number of anilines is 1. The number of alkyl halides is 1. The quantitative estimate of drug-likeness (QED) is 0.537. The van der Waals surface area contributed by atoms with Crippen molar-refractivity contribution in [3.05, 3.63) is 28.1 Å². The monoisotopic (exact) mass is 517 g/mol. The summed E-state index contributed by atoms with van der Waals surface area (Å²) in [5, 5.41) is 11.9. The van der Waals surface area contributed by atoms with Gasteiger partial charge in [0.25, 0.3) is 0 Å². The van der Waals surface area contributed by atoms with Crippen LogP contribution in [0.3, 0.4) is 0 Å². The average Bonchev–Trinajstić information content (AvgIpc) is 3.22. The Morgan fingerprint density at radius 1 is 1.22 bits per heavy atom. The first-order chi connectivity index (χ1) is 16.9. The van der Waals surface area contributed by atoms with E-state index in [-0.39, 0.29) is 25.2 Å². The molecule has 5 rings (SSSR count).